The van der Waals surface area contributed by atoms with Crippen molar-refractivity contribution in [3.05, 3.63) is 17.9 Å². The smallest absolute Gasteiger partial charge is 0.273 e. The molecule has 1 aliphatic carbocycles. The summed E-state index contributed by atoms with van der Waals surface area (Å²) in [6.07, 6.45) is 1.07. The van der Waals surface area contributed by atoms with E-state index in [-0.39, 0.29) is 17.5 Å². The average molecular weight is 245 g/mol. The highest BCUT2D eigenvalue weighted by molar-refractivity contribution is 7.89. The Morgan fingerprint density at radius 3 is 2.75 bits per heavy atom. The molecule has 0 aliphatic heterocycles. The van der Waals surface area contributed by atoms with Crippen LogP contribution in [0.2, 0.25) is 0 Å². The third kappa shape index (κ3) is 2.45. The number of aliphatic hydroxyl groups is 1. The van der Waals surface area contributed by atoms with Gasteiger partial charge in [-0.05, 0) is 30.4 Å². The molecule has 0 radical (unpaired) electrons. The number of rotatable bonds is 5. The summed E-state index contributed by atoms with van der Waals surface area (Å²) < 4.78 is 30.9. The van der Waals surface area contributed by atoms with Gasteiger partial charge in [0, 0.05) is 6.54 Å². The molecule has 1 aliphatic rings. The van der Waals surface area contributed by atoms with Crippen molar-refractivity contribution in [1.82, 2.24) is 4.72 Å². The van der Waals surface area contributed by atoms with E-state index in [9.17, 15) is 8.42 Å². The Morgan fingerprint density at radius 1 is 1.56 bits per heavy atom. The Labute approximate surface area is 94.5 Å². The van der Waals surface area contributed by atoms with Crippen LogP contribution in [0.5, 0.6) is 0 Å². The Kier molecular flexibility index (Phi) is 3.05. The van der Waals surface area contributed by atoms with Gasteiger partial charge in [0.2, 0.25) is 5.09 Å². The van der Waals surface area contributed by atoms with E-state index < -0.39 is 10.0 Å². The lowest BCUT2D eigenvalue weighted by Gasteiger charge is -2.02. The Balaban J connectivity index is 2.00. The summed E-state index contributed by atoms with van der Waals surface area (Å²) in [5, 5.41) is 8.64. The maximum absolute atomic E-state index is 11.7. The van der Waals surface area contributed by atoms with E-state index in [0.29, 0.717) is 18.4 Å². The fourth-order valence-corrected chi connectivity index (χ4v) is 2.60. The highest BCUT2D eigenvalue weighted by atomic mass is 32.2. The van der Waals surface area contributed by atoms with Gasteiger partial charge in [0.25, 0.3) is 10.0 Å². The lowest BCUT2D eigenvalue weighted by atomic mass is 10.3. The van der Waals surface area contributed by atoms with Crippen molar-refractivity contribution in [2.24, 2.45) is 11.8 Å². The molecule has 2 N–H and O–H groups in total. The Bertz CT molecular complexity index is 465. The summed E-state index contributed by atoms with van der Waals surface area (Å²) in [4.78, 5) is 0. The molecule has 16 heavy (non-hydrogen) atoms. The first-order valence-corrected chi connectivity index (χ1v) is 6.70. The van der Waals surface area contributed by atoms with E-state index in [4.69, 9.17) is 9.52 Å². The number of sulfonamides is 1. The minimum absolute atomic E-state index is 0.134. The second-order valence-electron chi connectivity index (χ2n) is 4.20. The molecule has 1 fully saturated rings. The first-order valence-electron chi connectivity index (χ1n) is 5.22. The predicted octanol–water partition coefficient (Wildman–Crippen LogP) is 0.706. The van der Waals surface area contributed by atoms with Gasteiger partial charge >= 0.3 is 0 Å². The highest BCUT2D eigenvalue weighted by Crippen LogP contribution is 2.37. The SMILES string of the molecule is CC1CC1CNS(=O)(=O)c1ccc(CO)o1. The van der Waals surface area contributed by atoms with Gasteiger partial charge in [-0.3, -0.25) is 0 Å². The normalized spacial score (nSPS) is 24.6. The zero-order valence-corrected chi connectivity index (χ0v) is 9.83. The van der Waals surface area contributed by atoms with Crippen LogP contribution in [-0.2, 0) is 16.6 Å². The second-order valence-corrected chi connectivity index (χ2v) is 5.90. The molecule has 2 rings (SSSR count). The number of hydrogen-bond acceptors (Lipinski definition) is 4. The fourth-order valence-electron chi connectivity index (χ4n) is 1.56. The molecule has 0 amide bonds. The molecule has 1 aromatic rings. The molecule has 1 aromatic heterocycles. The standard InChI is InChI=1S/C10H15NO4S/c1-7-4-8(7)5-11-16(13,14)10-3-2-9(6-12)15-10/h2-3,7-8,11-12H,4-6H2,1H3. The van der Waals surface area contributed by atoms with Gasteiger partial charge in [0.1, 0.15) is 12.4 Å². The maximum Gasteiger partial charge on any atom is 0.273 e. The van der Waals surface area contributed by atoms with Crippen LogP contribution in [0.3, 0.4) is 0 Å². The number of nitrogens with one attached hydrogen (secondary N) is 1. The summed E-state index contributed by atoms with van der Waals surface area (Å²) in [5.74, 6) is 1.30. The second kappa shape index (κ2) is 4.20. The lowest BCUT2D eigenvalue weighted by Crippen LogP contribution is -2.25. The van der Waals surface area contributed by atoms with E-state index in [2.05, 4.69) is 11.6 Å². The van der Waals surface area contributed by atoms with Gasteiger partial charge in [0.05, 0.1) is 0 Å². The number of furan rings is 1. The molecule has 5 nitrogen and oxygen atoms in total. The molecular weight excluding hydrogens is 230 g/mol. The molecule has 1 saturated carbocycles. The number of aliphatic hydroxyl groups excluding tert-OH is 1. The highest BCUT2D eigenvalue weighted by Gasteiger charge is 2.33. The van der Waals surface area contributed by atoms with Gasteiger partial charge in [-0.2, -0.15) is 0 Å². The fraction of sp³-hybridized carbons (Fsp3) is 0.600. The van der Waals surface area contributed by atoms with Crippen molar-refractivity contribution in [2.45, 2.75) is 25.0 Å². The zero-order chi connectivity index (χ0) is 11.8. The first kappa shape index (κ1) is 11.6. The van der Waals surface area contributed by atoms with E-state index in [1.807, 2.05) is 0 Å². The van der Waals surface area contributed by atoms with Gasteiger partial charge < -0.3 is 9.52 Å². The molecule has 90 valence electrons. The average Bonchev–Trinajstić information content (AvgIpc) is 2.78. The van der Waals surface area contributed by atoms with E-state index in [0.717, 1.165) is 6.42 Å². The molecule has 2 unspecified atom stereocenters. The molecule has 1 heterocycles. The molecule has 0 bridgehead atoms. The monoisotopic (exact) mass is 245 g/mol. The summed E-state index contributed by atoms with van der Waals surface area (Å²) in [6, 6.07) is 2.80. The minimum Gasteiger partial charge on any atom is -0.446 e. The molecule has 0 spiro atoms. The van der Waals surface area contributed by atoms with Crippen LogP contribution >= 0.6 is 0 Å². The van der Waals surface area contributed by atoms with E-state index >= 15 is 0 Å². The lowest BCUT2D eigenvalue weighted by molar-refractivity contribution is 0.236. The summed E-state index contributed by atoms with van der Waals surface area (Å²) in [7, 11) is -3.56. The molecular formula is C10H15NO4S. The first-order chi connectivity index (χ1) is 7.53. The number of hydrogen-bond donors (Lipinski definition) is 2. The van der Waals surface area contributed by atoms with Crippen LogP contribution in [0.25, 0.3) is 0 Å². The quantitative estimate of drug-likeness (QED) is 0.800. The summed E-state index contributed by atoms with van der Waals surface area (Å²) in [5.41, 5.74) is 0. The van der Waals surface area contributed by atoms with Crippen LogP contribution in [-0.4, -0.2) is 20.1 Å². The van der Waals surface area contributed by atoms with E-state index in [1.165, 1.54) is 12.1 Å². The predicted molar refractivity (Wildman–Crippen MR) is 57.1 cm³/mol. The zero-order valence-electron chi connectivity index (χ0n) is 9.01. The van der Waals surface area contributed by atoms with Crippen LogP contribution in [0, 0.1) is 11.8 Å². The van der Waals surface area contributed by atoms with Crippen LogP contribution in [0.15, 0.2) is 21.6 Å². The molecule has 0 saturated heterocycles. The topological polar surface area (TPSA) is 79.5 Å². The van der Waals surface area contributed by atoms with Crippen molar-refractivity contribution < 1.29 is 17.9 Å². The van der Waals surface area contributed by atoms with Gasteiger partial charge in [-0.25, -0.2) is 13.1 Å². The molecule has 2 atom stereocenters. The third-order valence-corrected chi connectivity index (χ3v) is 4.17. The summed E-state index contributed by atoms with van der Waals surface area (Å²) in [6.45, 7) is 2.25. The van der Waals surface area contributed by atoms with E-state index in [1.54, 1.807) is 0 Å². The van der Waals surface area contributed by atoms with Crippen molar-refractivity contribution in [1.29, 1.82) is 0 Å². The van der Waals surface area contributed by atoms with Gasteiger partial charge in [0.15, 0.2) is 0 Å². The van der Waals surface area contributed by atoms with Gasteiger partial charge in [-0.1, -0.05) is 6.92 Å². The van der Waals surface area contributed by atoms with Crippen molar-refractivity contribution in [2.75, 3.05) is 6.54 Å². The van der Waals surface area contributed by atoms with Crippen LogP contribution in [0.4, 0.5) is 0 Å². The third-order valence-electron chi connectivity index (χ3n) is 2.87. The minimum atomic E-state index is -3.56. The Morgan fingerprint density at radius 2 is 2.25 bits per heavy atom. The van der Waals surface area contributed by atoms with Crippen molar-refractivity contribution in [3.63, 3.8) is 0 Å². The van der Waals surface area contributed by atoms with Crippen LogP contribution in [0.1, 0.15) is 19.1 Å². The van der Waals surface area contributed by atoms with Gasteiger partial charge in [-0.15, -0.1) is 0 Å². The molecule has 0 aromatic carbocycles. The Hall–Kier alpha value is -0.850. The van der Waals surface area contributed by atoms with Crippen molar-refractivity contribution >= 4 is 10.0 Å². The largest absolute Gasteiger partial charge is 0.446 e. The van der Waals surface area contributed by atoms with Crippen LogP contribution < -0.4 is 4.72 Å². The summed E-state index contributed by atoms with van der Waals surface area (Å²) >= 11 is 0. The maximum atomic E-state index is 11.7. The van der Waals surface area contributed by atoms with Crippen molar-refractivity contribution in [3.8, 4) is 0 Å². The molecule has 6 heteroatoms.